The number of anilines is 1. The number of benzene rings is 1. The molecule has 1 rings (SSSR count). The van der Waals surface area contributed by atoms with Gasteiger partial charge >= 0.3 is 12.2 Å². The molecule has 0 bridgehead atoms. The van der Waals surface area contributed by atoms with Crippen molar-refractivity contribution in [1.29, 1.82) is 0 Å². The van der Waals surface area contributed by atoms with E-state index in [1.807, 2.05) is 16.9 Å². The molecule has 158 valence electrons. The first-order valence-corrected chi connectivity index (χ1v) is 9.95. The topological polar surface area (TPSA) is 135 Å². The van der Waals surface area contributed by atoms with Crippen molar-refractivity contribution < 1.29 is 28.7 Å². The lowest BCUT2D eigenvalue weighted by Crippen LogP contribution is -2.38. The Bertz CT molecular complexity index is 811. The third-order valence-electron chi connectivity index (χ3n) is 2.86. The highest BCUT2D eigenvalue weighted by atomic mass is 35.5. The molecule has 1 aromatic rings. The number of hydrogen-bond donors (Lipinski definition) is 3. The van der Waals surface area contributed by atoms with E-state index in [0.717, 1.165) is 0 Å². The maximum atomic E-state index is 11.6. The van der Waals surface area contributed by atoms with Crippen molar-refractivity contribution in [1.82, 2.24) is 10.6 Å². The van der Waals surface area contributed by atoms with Crippen LogP contribution in [0.3, 0.4) is 0 Å². The molecule has 0 saturated carbocycles. The van der Waals surface area contributed by atoms with Gasteiger partial charge in [-0.2, -0.15) is 0 Å². The molecule has 0 fully saturated rings. The molecule has 0 radical (unpaired) electrons. The highest BCUT2D eigenvalue weighted by molar-refractivity contribution is 7.98. The van der Waals surface area contributed by atoms with Crippen molar-refractivity contribution in [3.63, 3.8) is 0 Å². The summed E-state index contributed by atoms with van der Waals surface area (Å²) in [6, 6.07) is 3.17. The van der Waals surface area contributed by atoms with Crippen LogP contribution in [0.5, 0.6) is 0 Å². The number of alkyl carbamates (subject to hydrolysis) is 2. The number of halogens is 2. The Balaban J connectivity index is 2.52. The summed E-state index contributed by atoms with van der Waals surface area (Å²) < 4.78 is 9.26. The predicted octanol–water partition coefficient (Wildman–Crippen LogP) is 3.38. The number of amides is 4. The van der Waals surface area contributed by atoms with E-state index in [-0.39, 0.29) is 12.5 Å². The molecule has 0 spiro atoms. The Morgan fingerprint density at radius 3 is 2.14 bits per heavy atom. The number of hydrazone groups is 1. The number of nitrogens with one attached hydrogen (secondary N) is 3. The summed E-state index contributed by atoms with van der Waals surface area (Å²) in [6.45, 7) is 2.96. The van der Waals surface area contributed by atoms with E-state index < -0.39 is 30.4 Å². The predicted molar refractivity (Wildman–Crippen MR) is 109 cm³/mol. The summed E-state index contributed by atoms with van der Waals surface area (Å²) in [5.74, 6) is -2.06. The minimum Gasteiger partial charge on any atom is -0.450 e. The van der Waals surface area contributed by atoms with Gasteiger partial charge in [0.25, 0.3) is 0 Å². The number of ether oxygens (including phenoxy) is 2. The standard InChI is InChI=1S/C16H18Cl2N4O6S/c1-4-27-15(25)19-12(23)7-13(24)20-16(26)28-8(2)21-22-9-5-10(17)14(29-3)11(18)6-9/h5-6,22H,4,7H2,1-3H3,(H,19,23,25)(H,20,24,26). The highest BCUT2D eigenvalue weighted by Gasteiger charge is 2.16. The third kappa shape index (κ3) is 9.03. The molecule has 0 aromatic heterocycles. The van der Waals surface area contributed by atoms with Crippen LogP contribution in [0.15, 0.2) is 22.1 Å². The molecule has 0 aliphatic carbocycles. The van der Waals surface area contributed by atoms with Crippen LogP contribution in [-0.4, -0.2) is 42.8 Å². The normalized spacial score (nSPS) is 10.7. The van der Waals surface area contributed by atoms with Crippen molar-refractivity contribution in [2.75, 3.05) is 18.3 Å². The Morgan fingerprint density at radius 1 is 1.07 bits per heavy atom. The zero-order valence-corrected chi connectivity index (χ0v) is 18.0. The molecule has 1 aromatic carbocycles. The minimum absolute atomic E-state index is 0.0599. The Kier molecular flexibility index (Phi) is 10.3. The Hall–Kier alpha value is -2.50. The second kappa shape index (κ2) is 12.1. The summed E-state index contributed by atoms with van der Waals surface area (Å²) in [6.07, 6.45) is -1.10. The molecule has 29 heavy (non-hydrogen) atoms. The molecule has 3 N–H and O–H groups in total. The van der Waals surface area contributed by atoms with Gasteiger partial charge in [-0.15, -0.1) is 16.9 Å². The fraction of sp³-hybridized carbons (Fsp3) is 0.312. The number of thioether (sulfide) groups is 1. The van der Waals surface area contributed by atoms with E-state index in [0.29, 0.717) is 20.6 Å². The molecule has 0 unspecified atom stereocenters. The molecule has 10 nitrogen and oxygen atoms in total. The first kappa shape index (κ1) is 24.5. The van der Waals surface area contributed by atoms with Crippen LogP contribution in [0.25, 0.3) is 0 Å². The largest absolute Gasteiger partial charge is 0.450 e. The molecule has 0 aliphatic heterocycles. The number of hydrogen-bond acceptors (Lipinski definition) is 9. The minimum atomic E-state index is -1.16. The molecule has 0 heterocycles. The number of nitrogens with zero attached hydrogens (tertiary/aromatic N) is 1. The van der Waals surface area contributed by atoms with Gasteiger partial charge in [0.1, 0.15) is 6.42 Å². The van der Waals surface area contributed by atoms with Gasteiger partial charge in [-0.05, 0) is 25.3 Å². The van der Waals surface area contributed by atoms with E-state index >= 15 is 0 Å². The Labute approximate surface area is 180 Å². The zero-order chi connectivity index (χ0) is 22.0. The van der Waals surface area contributed by atoms with Crippen LogP contribution in [0.2, 0.25) is 10.0 Å². The van der Waals surface area contributed by atoms with Gasteiger partial charge in [0.15, 0.2) is 0 Å². The second-order valence-electron chi connectivity index (χ2n) is 5.10. The van der Waals surface area contributed by atoms with E-state index in [1.165, 1.54) is 18.7 Å². The summed E-state index contributed by atoms with van der Waals surface area (Å²) in [5, 5.41) is 8.28. The van der Waals surface area contributed by atoms with E-state index in [2.05, 4.69) is 15.3 Å². The van der Waals surface area contributed by atoms with Gasteiger partial charge in [0.05, 0.1) is 22.3 Å². The SMILES string of the molecule is CCOC(=O)NC(=O)CC(=O)NC(=O)OC(C)=NNc1cc(Cl)c(SC)c(Cl)c1. The molecular weight excluding hydrogens is 447 g/mol. The van der Waals surface area contributed by atoms with Crippen molar-refractivity contribution in [2.45, 2.75) is 25.2 Å². The van der Waals surface area contributed by atoms with Crippen molar-refractivity contribution >= 4 is 70.5 Å². The monoisotopic (exact) mass is 464 g/mol. The van der Waals surface area contributed by atoms with Crippen molar-refractivity contribution in [2.24, 2.45) is 5.10 Å². The van der Waals surface area contributed by atoms with Gasteiger partial charge in [0, 0.05) is 11.8 Å². The average Bonchev–Trinajstić information content (AvgIpc) is 2.59. The highest BCUT2D eigenvalue weighted by Crippen LogP contribution is 2.35. The van der Waals surface area contributed by atoms with Gasteiger partial charge in [0.2, 0.25) is 17.7 Å². The van der Waals surface area contributed by atoms with Crippen LogP contribution in [-0.2, 0) is 19.1 Å². The number of carbonyl (C=O) groups is 4. The lowest BCUT2D eigenvalue weighted by Gasteiger charge is -2.08. The number of imide groups is 2. The van der Waals surface area contributed by atoms with Gasteiger partial charge in [-0.3, -0.25) is 25.6 Å². The molecule has 0 atom stereocenters. The molecule has 13 heteroatoms. The van der Waals surface area contributed by atoms with Gasteiger partial charge in [-0.25, -0.2) is 9.59 Å². The lowest BCUT2D eigenvalue weighted by molar-refractivity contribution is -0.128. The number of rotatable bonds is 6. The van der Waals surface area contributed by atoms with Crippen molar-refractivity contribution in [3.8, 4) is 0 Å². The van der Waals surface area contributed by atoms with Crippen LogP contribution in [0, 0.1) is 0 Å². The fourth-order valence-electron chi connectivity index (χ4n) is 1.77. The maximum Gasteiger partial charge on any atom is 0.420 e. The fourth-order valence-corrected chi connectivity index (χ4v) is 3.23. The Morgan fingerprint density at radius 2 is 1.62 bits per heavy atom. The molecule has 4 amide bonds. The quantitative estimate of drug-likeness (QED) is 0.191. The molecule has 0 saturated heterocycles. The third-order valence-corrected chi connectivity index (χ3v) is 4.53. The first-order valence-electron chi connectivity index (χ1n) is 7.97. The van der Waals surface area contributed by atoms with Gasteiger partial charge in [-0.1, -0.05) is 23.2 Å². The number of carbonyl (C=O) groups excluding carboxylic acids is 4. The summed E-state index contributed by atoms with van der Waals surface area (Å²) in [4.78, 5) is 46.4. The molecule has 0 aliphatic rings. The zero-order valence-electron chi connectivity index (χ0n) is 15.6. The van der Waals surface area contributed by atoms with Crippen LogP contribution in [0.1, 0.15) is 20.3 Å². The van der Waals surface area contributed by atoms with Gasteiger partial charge < -0.3 is 9.47 Å². The van der Waals surface area contributed by atoms with E-state index in [4.69, 9.17) is 27.9 Å². The molecular formula is C16H18Cl2N4O6S. The van der Waals surface area contributed by atoms with Crippen LogP contribution in [0.4, 0.5) is 15.3 Å². The van der Waals surface area contributed by atoms with Crippen LogP contribution < -0.4 is 16.1 Å². The summed E-state index contributed by atoms with van der Waals surface area (Å²) >= 11 is 13.6. The summed E-state index contributed by atoms with van der Waals surface area (Å²) in [7, 11) is 0. The first-order chi connectivity index (χ1) is 13.7. The smallest absolute Gasteiger partial charge is 0.420 e. The second-order valence-corrected chi connectivity index (χ2v) is 6.73. The van der Waals surface area contributed by atoms with E-state index in [9.17, 15) is 19.2 Å². The van der Waals surface area contributed by atoms with Crippen molar-refractivity contribution in [3.05, 3.63) is 22.2 Å². The average molecular weight is 465 g/mol. The van der Waals surface area contributed by atoms with Crippen LogP contribution >= 0.6 is 35.0 Å². The van der Waals surface area contributed by atoms with E-state index in [1.54, 1.807) is 19.1 Å². The lowest BCUT2D eigenvalue weighted by atomic mass is 10.3. The maximum absolute atomic E-state index is 11.6. The summed E-state index contributed by atoms with van der Waals surface area (Å²) in [5.41, 5.74) is 3.06.